The van der Waals surface area contributed by atoms with Crippen molar-refractivity contribution >= 4 is 0 Å². The lowest BCUT2D eigenvalue weighted by Gasteiger charge is -2.03. The van der Waals surface area contributed by atoms with Crippen LogP contribution < -0.4 is 4.74 Å². The predicted octanol–water partition coefficient (Wildman–Crippen LogP) is 1.86. The molecule has 1 radical (unpaired) electrons. The van der Waals surface area contributed by atoms with E-state index in [2.05, 4.69) is 16.3 Å². The fourth-order valence-electron chi connectivity index (χ4n) is 1.06. The Kier molecular flexibility index (Phi) is 2.71. The van der Waals surface area contributed by atoms with Gasteiger partial charge in [0.05, 0.1) is 0 Å². The maximum Gasteiger partial charge on any atom is 0.217 e. The second-order valence-corrected chi connectivity index (χ2v) is 2.77. The van der Waals surface area contributed by atoms with E-state index in [9.17, 15) is 0 Å². The molecule has 0 bridgehead atoms. The molecule has 2 aromatic rings. The van der Waals surface area contributed by atoms with Crippen LogP contribution >= 0.6 is 0 Å². The van der Waals surface area contributed by atoms with Gasteiger partial charge in [0, 0.05) is 12.3 Å². The molecule has 0 saturated carbocycles. The maximum absolute atomic E-state index is 5.41. The van der Waals surface area contributed by atoms with Gasteiger partial charge in [0.25, 0.3) is 0 Å². The van der Waals surface area contributed by atoms with Crippen LogP contribution in [0.5, 0.6) is 5.88 Å². The quantitative estimate of drug-likeness (QED) is 0.732. The average Bonchev–Trinajstić information content (AvgIpc) is 2.29. The summed E-state index contributed by atoms with van der Waals surface area (Å²) in [7, 11) is 0. The lowest BCUT2D eigenvalue weighted by molar-refractivity contribution is 0.293. The van der Waals surface area contributed by atoms with Gasteiger partial charge < -0.3 is 4.74 Å². The summed E-state index contributed by atoms with van der Waals surface area (Å²) in [6.07, 6.45) is 4.08. The molecule has 14 heavy (non-hydrogen) atoms. The summed E-state index contributed by atoms with van der Waals surface area (Å²) < 4.78 is 5.41. The lowest BCUT2D eigenvalue weighted by Crippen LogP contribution is -1.96. The molecule has 3 heteroatoms. The Bertz CT molecular complexity index is 336. The van der Waals surface area contributed by atoms with Gasteiger partial charge in [-0.1, -0.05) is 30.3 Å². The summed E-state index contributed by atoms with van der Waals surface area (Å²) in [4.78, 5) is 7.52. The van der Waals surface area contributed by atoms with Gasteiger partial charge >= 0.3 is 0 Å². The van der Waals surface area contributed by atoms with Crippen molar-refractivity contribution in [3.05, 3.63) is 54.5 Å². The molecule has 0 spiro atoms. The van der Waals surface area contributed by atoms with Crippen molar-refractivity contribution in [2.75, 3.05) is 0 Å². The summed E-state index contributed by atoms with van der Waals surface area (Å²) >= 11 is 0. The molecule has 0 saturated heterocycles. The molecule has 1 aromatic carbocycles. The topological polar surface area (TPSA) is 35.0 Å². The van der Waals surface area contributed by atoms with Crippen LogP contribution in [0.25, 0.3) is 0 Å². The van der Waals surface area contributed by atoms with E-state index in [1.165, 1.54) is 0 Å². The number of nitrogens with zero attached hydrogens (tertiary/aromatic N) is 2. The molecule has 3 nitrogen and oxygen atoms in total. The highest BCUT2D eigenvalue weighted by Gasteiger charge is 1.94. The minimum Gasteiger partial charge on any atom is -0.473 e. The number of rotatable bonds is 3. The van der Waals surface area contributed by atoms with Crippen molar-refractivity contribution in [3.63, 3.8) is 0 Å². The second-order valence-electron chi connectivity index (χ2n) is 2.77. The molecule has 2 rings (SSSR count). The Labute approximate surface area is 82.4 Å². The first kappa shape index (κ1) is 8.69. The van der Waals surface area contributed by atoms with Crippen LogP contribution in [-0.2, 0) is 6.61 Å². The first-order valence-corrected chi connectivity index (χ1v) is 4.31. The summed E-state index contributed by atoms with van der Waals surface area (Å²) in [5.74, 6) is 0.545. The molecule has 0 atom stereocenters. The highest BCUT2D eigenvalue weighted by Crippen LogP contribution is 2.06. The number of benzene rings is 1. The second kappa shape index (κ2) is 4.37. The number of aromatic nitrogens is 2. The monoisotopic (exact) mass is 185 g/mol. The molecular formula is C11H9N2O. The third-order valence-electron chi connectivity index (χ3n) is 1.74. The Morgan fingerprint density at radius 2 is 2.00 bits per heavy atom. The van der Waals surface area contributed by atoms with Crippen molar-refractivity contribution in [3.8, 4) is 5.88 Å². The lowest BCUT2D eigenvalue weighted by atomic mass is 10.2. The van der Waals surface area contributed by atoms with Gasteiger partial charge in [0.2, 0.25) is 12.2 Å². The van der Waals surface area contributed by atoms with Crippen molar-refractivity contribution in [1.82, 2.24) is 9.97 Å². The average molecular weight is 185 g/mol. The van der Waals surface area contributed by atoms with Crippen LogP contribution in [0, 0.1) is 6.33 Å². The van der Waals surface area contributed by atoms with Crippen LogP contribution in [0.2, 0.25) is 0 Å². The molecule has 1 aromatic heterocycles. The number of ether oxygens (including phenoxy) is 1. The van der Waals surface area contributed by atoms with Crippen LogP contribution in [0.1, 0.15) is 5.56 Å². The van der Waals surface area contributed by atoms with E-state index >= 15 is 0 Å². The summed E-state index contributed by atoms with van der Waals surface area (Å²) in [5.41, 5.74) is 1.12. The summed E-state index contributed by atoms with van der Waals surface area (Å²) in [5, 5.41) is 0. The number of hydrogen-bond acceptors (Lipinski definition) is 3. The molecule has 0 aliphatic rings. The number of hydrogen-bond donors (Lipinski definition) is 0. The van der Waals surface area contributed by atoms with Gasteiger partial charge in [-0.15, -0.1) is 0 Å². The molecule has 0 aliphatic heterocycles. The molecule has 1 heterocycles. The molecule has 0 N–H and O–H groups in total. The molecule has 0 unspecified atom stereocenters. The van der Waals surface area contributed by atoms with Gasteiger partial charge in [-0.25, -0.2) is 4.98 Å². The zero-order chi connectivity index (χ0) is 9.64. The highest BCUT2D eigenvalue weighted by molar-refractivity contribution is 5.14. The first-order valence-electron chi connectivity index (χ1n) is 4.31. The zero-order valence-corrected chi connectivity index (χ0v) is 7.55. The van der Waals surface area contributed by atoms with Gasteiger partial charge in [0.15, 0.2) is 0 Å². The molecule has 0 aliphatic carbocycles. The van der Waals surface area contributed by atoms with Crippen LogP contribution in [0.4, 0.5) is 0 Å². The Balaban J connectivity index is 1.96. The van der Waals surface area contributed by atoms with Crippen molar-refractivity contribution in [2.45, 2.75) is 6.61 Å². The van der Waals surface area contributed by atoms with E-state index in [1.807, 2.05) is 30.3 Å². The minimum atomic E-state index is 0.520. The van der Waals surface area contributed by atoms with E-state index in [-0.39, 0.29) is 0 Å². The van der Waals surface area contributed by atoms with Crippen LogP contribution in [-0.4, -0.2) is 9.97 Å². The van der Waals surface area contributed by atoms with Crippen molar-refractivity contribution in [1.29, 1.82) is 0 Å². The molecule has 0 fully saturated rings. The summed E-state index contributed by atoms with van der Waals surface area (Å²) in [6.45, 7) is 0.520. The van der Waals surface area contributed by atoms with E-state index in [1.54, 1.807) is 12.3 Å². The van der Waals surface area contributed by atoms with E-state index in [0.29, 0.717) is 12.5 Å². The zero-order valence-electron chi connectivity index (χ0n) is 7.55. The van der Waals surface area contributed by atoms with Gasteiger partial charge in [0.1, 0.15) is 6.61 Å². The fourth-order valence-corrected chi connectivity index (χ4v) is 1.06. The van der Waals surface area contributed by atoms with Gasteiger partial charge in [-0.05, 0) is 5.56 Å². The van der Waals surface area contributed by atoms with E-state index in [4.69, 9.17) is 4.74 Å². The van der Waals surface area contributed by atoms with E-state index < -0.39 is 0 Å². The van der Waals surface area contributed by atoms with Gasteiger partial charge in [-0.3, -0.25) is 0 Å². The normalized spacial score (nSPS) is 9.71. The molecule has 0 amide bonds. The predicted molar refractivity (Wildman–Crippen MR) is 51.6 cm³/mol. The van der Waals surface area contributed by atoms with Crippen molar-refractivity contribution < 1.29 is 4.74 Å². The first-order chi connectivity index (χ1) is 6.95. The molecule has 69 valence electrons. The SMILES string of the molecule is [c]1nccc(OCc2ccccc2)n1. The van der Waals surface area contributed by atoms with Crippen LogP contribution in [0.15, 0.2) is 42.6 Å². The third-order valence-corrected chi connectivity index (χ3v) is 1.74. The smallest absolute Gasteiger partial charge is 0.217 e. The summed E-state index contributed by atoms with van der Waals surface area (Å²) in [6, 6.07) is 11.6. The maximum atomic E-state index is 5.41. The minimum absolute atomic E-state index is 0.520. The largest absolute Gasteiger partial charge is 0.473 e. The van der Waals surface area contributed by atoms with Crippen molar-refractivity contribution in [2.24, 2.45) is 0 Å². The third kappa shape index (κ3) is 2.29. The van der Waals surface area contributed by atoms with E-state index in [0.717, 1.165) is 5.56 Å². The fraction of sp³-hybridized carbons (Fsp3) is 0.0909. The Morgan fingerprint density at radius 1 is 1.14 bits per heavy atom. The highest BCUT2D eigenvalue weighted by atomic mass is 16.5. The standard InChI is InChI=1S/C11H9N2O/c1-2-4-10(5-3-1)8-14-11-6-7-12-9-13-11/h1-7H,8H2. The van der Waals surface area contributed by atoms with Crippen LogP contribution in [0.3, 0.4) is 0 Å². The Hall–Kier alpha value is -1.90. The molecular weight excluding hydrogens is 176 g/mol. The van der Waals surface area contributed by atoms with Gasteiger partial charge in [-0.2, -0.15) is 4.98 Å². The Morgan fingerprint density at radius 3 is 2.71 bits per heavy atom.